The number of hydrogen-bond acceptors (Lipinski definition) is 4. The quantitative estimate of drug-likeness (QED) is 0.786. The van der Waals surface area contributed by atoms with Crippen LogP contribution in [0.2, 0.25) is 0 Å². The number of nitrogens with zero attached hydrogens (tertiary/aromatic N) is 3. The summed E-state index contributed by atoms with van der Waals surface area (Å²) in [5.74, 6) is 0.103. The first kappa shape index (κ1) is 10.6. The summed E-state index contributed by atoms with van der Waals surface area (Å²) in [4.78, 5) is 8.18. The van der Waals surface area contributed by atoms with Crippen LogP contribution < -0.4 is 10.6 Å². The van der Waals surface area contributed by atoms with Gasteiger partial charge in [-0.25, -0.2) is 4.98 Å². The molecule has 0 bridgehead atoms. The van der Waals surface area contributed by atoms with Gasteiger partial charge in [0.2, 0.25) is 5.95 Å². The van der Waals surface area contributed by atoms with Crippen LogP contribution >= 0.6 is 0 Å². The van der Waals surface area contributed by atoms with Gasteiger partial charge in [-0.1, -0.05) is 0 Å². The Labute approximate surface area is 78.6 Å². The number of alkyl halides is 3. The fraction of sp³-hybridized carbons (Fsp3) is 0.429. The van der Waals surface area contributed by atoms with Crippen molar-refractivity contribution in [3.8, 4) is 0 Å². The van der Waals surface area contributed by atoms with Crippen molar-refractivity contribution < 1.29 is 13.2 Å². The molecule has 0 radical (unpaired) electrons. The summed E-state index contributed by atoms with van der Waals surface area (Å²) < 4.78 is 35.9. The molecule has 0 aromatic carbocycles. The fourth-order valence-corrected chi connectivity index (χ4v) is 0.926. The first-order valence-electron chi connectivity index (χ1n) is 3.75. The molecule has 0 fully saturated rings. The molecule has 7 heteroatoms. The lowest BCUT2D eigenvalue weighted by Gasteiger charge is -2.19. The third-order valence-electron chi connectivity index (χ3n) is 1.47. The van der Waals surface area contributed by atoms with E-state index in [1.807, 2.05) is 0 Å². The van der Waals surface area contributed by atoms with Crippen molar-refractivity contribution in [1.82, 2.24) is 9.97 Å². The molecule has 1 aromatic heterocycles. The summed E-state index contributed by atoms with van der Waals surface area (Å²) in [6, 6.07) is 1.36. The highest BCUT2D eigenvalue weighted by molar-refractivity contribution is 5.39. The number of aromatic nitrogens is 2. The van der Waals surface area contributed by atoms with Crippen molar-refractivity contribution in [3.63, 3.8) is 0 Å². The van der Waals surface area contributed by atoms with Gasteiger partial charge < -0.3 is 10.6 Å². The minimum absolute atomic E-state index is 0.0449. The number of rotatable bonds is 2. The van der Waals surface area contributed by atoms with Crippen LogP contribution in [0.15, 0.2) is 12.3 Å². The molecular weight excluding hydrogens is 197 g/mol. The third kappa shape index (κ3) is 3.08. The van der Waals surface area contributed by atoms with E-state index in [4.69, 9.17) is 5.73 Å². The molecule has 0 amide bonds. The Morgan fingerprint density at radius 1 is 1.50 bits per heavy atom. The van der Waals surface area contributed by atoms with Gasteiger partial charge in [-0.2, -0.15) is 18.2 Å². The Hall–Kier alpha value is -1.53. The molecule has 0 atom stereocenters. The van der Waals surface area contributed by atoms with Crippen LogP contribution in [0.3, 0.4) is 0 Å². The molecule has 0 aliphatic rings. The van der Waals surface area contributed by atoms with Crippen molar-refractivity contribution in [3.05, 3.63) is 12.3 Å². The lowest BCUT2D eigenvalue weighted by molar-refractivity contribution is -0.119. The van der Waals surface area contributed by atoms with E-state index >= 15 is 0 Å². The molecule has 14 heavy (non-hydrogen) atoms. The average Bonchev–Trinajstić information content (AvgIpc) is 2.01. The van der Waals surface area contributed by atoms with E-state index in [0.717, 1.165) is 4.90 Å². The zero-order valence-electron chi connectivity index (χ0n) is 7.41. The van der Waals surface area contributed by atoms with Crippen LogP contribution in [-0.4, -0.2) is 29.7 Å². The minimum Gasteiger partial charge on any atom is -0.368 e. The highest BCUT2D eigenvalue weighted by Crippen LogP contribution is 2.19. The van der Waals surface area contributed by atoms with E-state index in [0.29, 0.717) is 0 Å². The Morgan fingerprint density at radius 3 is 2.64 bits per heavy atom. The Bertz CT molecular complexity index is 312. The molecule has 1 aromatic rings. The van der Waals surface area contributed by atoms with Crippen LogP contribution in [0.4, 0.5) is 24.9 Å². The second-order valence-corrected chi connectivity index (χ2v) is 2.74. The van der Waals surface area contributed by atoms with Crippen molar-refractivity contribution in [1.29, 1.82) is 0 Å². The van der Waals surface area contributed by atoms with Gasteiger partial charge in [0.1, 0.15) is 12.4 Å². The standard InChI is InChI=1S/C7H9F3N4/c1-14(4-7(8,9)10)5-2-3-12-6(11)13-5/h2-3H,4H2,1H3,(H2,11,12,13). The summed E-state index contributed by atoms with van der Waals surface area (Å²) >= 11 is 0. The molecule has 0 spiro atoms. The van der Waals surface area contributed by atoms with E-state index in [1.165, 1.54) is 19.3 Å². The maximum atomic E-state index is 12.0. The zero-order chi connectivity index (χ0) is 10.8. The summed E-state index contributed by atoms with van der Waals surface area (Å²) in [6.45, 7) is -1.07. The van der Waals surface area contributed by atoms with E-state index in [-0.39, 0.29) is 11.8 Å². The molecular formula is C7H9F3N4. The van der Waals surface area contributed by atoms with Gasteiger partial charge in [0.25, 0.3) is 0 Å². The van der Waals surface area contributed by atoms with E-state index in [2.05, 4.69) is 9.97 Å². The van der Waals surface area contributed by atoms with Crippen molar-refractivity contribution in [2.24, 2.45) is 0 Å². The zero-order valence-corrected chi connectivity index (χ0v) is 7.41. The second kappa shape index (κ2) is 3.69. The Balaban J connectivity index is 2.74. The van der Waals surface area contributed by atoms with Crippen LogP contribution in [0.1, 0.15) is 0 Å². The van der Waals surface area contributed by atoms with Crippen LogP contribution in [0, 0.1) is 0 Å². The number of halogens is 3. The van der Waals surface area contributed by atoms with Crippen LogP contribution in [0.5, 0.6) is 0 Å². The van der Waals surface area contributed by atoms with Crippen LogP contribution in [-0.2, 0) is 0 Å². The molecule has 4 nitrogen and oxygen atoms in total. The topological polar surface area (TPSA) is 55.0 Å². The smallest absolute Gasteiger partial charge is 0.368 e. The highest BCUT2D eigenvalue weighted by atomic mass is 19.4. The highest BCUT2D eigenvalue weighted by Gasteiger charge is 2.29. The van der Waals surface area contributed by atoms with Crippen molar-refractivity contribution in [2.45, 2.75) is 6.18 Å². The second-order valence-electron chi connectivity index (χ2n) is 2.74. The largest absolute Gasteiger partial charge is 0.405 e. The van der Waals surface area contributed by atoms with Gasteiger partial charge in [0.15, 0.2) is 0 Å². The average molecular weight is 206 g/mol. The summed E-state index contributed by atoms with van der Waals surface area (Å²) in [5.41, 5.74) is 5.23. The van der Waals surface area contributed by atoms with Crippen LogP contribution in [0.25, 0.3) is 0 Å². The lowest BCUT2D eigenvalue weighted by atomic mass is 10.5. The predicted molar refractivity (Wildman–Crippen MR) is 45.8 cm³/mol. The number of nitrogen functional groups attached to an aromatic ring is 1. The molecule has 78 valence electrons. The van der Waals surface area contributed by atoms with Crippen molar-refractivity contribution >= 4 is 11.8 Å². The summed E-state index contributed by atoms with van der Waals surface area (Å²) in [7, 11) is 1.29. The maximum absolute atomic E-state index is 12.0. The first-order chi connectivity index (χ1) is 6.38. The van der Waals surface area contributed by atoms with E-state index in [9.17, 15) is 13.2 Å². The van der Waals surface area contributed by atoms with E-state index < -0.39 is 12.7 Å². The van der Waals surface area contributed by atoms with Gasteiger partial charge in [0.05, 0.1) is 0 Å². The predicted octanol–water partition coefficient (Wildman–Crippen LogP) is 1.06. The van der Waals surface area contributed by atoms with Gasteiger partial charge >= 0.3 is 6.18 Å². The normalized spacial score (nSPS) is 11.4. The number of nitrogens with two attached hydrogens (primary N) is 1. The molecule has 0 saturated carbocycles. The summed E-state index contributed by atoms with van der Waals surface area (Å²) in [6.07, 6.45) is -2.95. The summed E-state index contributed by atoms with van der Waals surface area (Å²) in [5, 5.41) is 0. The van der Waals surface area contributed by atoms with E-state index in [1.54, 1.807) is 0 Å². The fourth-order valence-electron chi connectivity index (χ4n) is 0.926. The van der Waals surface area contributed by atoms with Gasteiger partial charge in [-0.05, 0) is 6.07 Å². The van der Waals surface area contributed by atoms with Crippen molar-refractivity contribution in [2.75, 3.05) is 24.2 Å². The van der Waals surface area contributed by atoms with Gasteiger partial charge in [-0.3, -0.25) is 0 Å². The first-order valence-corrected chi connectivity index (χ1v) is 3.75. The molecule has 0 unspecified atom stereocenters. The van der Waals surface area contributed by atoms with Gasteiger partial charge in [0, 0.05) is 13.2 Å². The molecule has 2 N–H and O–H groups in total. The lowest BCUT2D eigenvalue weighted by Crippen LogP contribution is -2.31. The molecule has 0 saturated heterocycles. The maximum Gasteiger partial charge on any atom is 0.405 e. The molecule has 0 aliphatic heterocycles. The molecule has 0 aliphatic carbocycles. The third-order valence-corrected chi connectivity index (χ3v) is 1.47. The SMILES string of the molecule is CN(CC(F)(F)F)c1ccnc(N)n1. The Morgan fingerprint density at radius 2 is 2.14 bits per heavy atom. The number of hydrogen-bond donors (Lipinski definition) is 1. The monoisotopic (exact) mass is 206 g/mol. The Kier molecular flexibility index (Phi) is 2.78. The molecule has 1 heterocycles. The minimum atomic E-state index is -4.26. The molecule has 1 rings (SSSR count). The number of anilines is 2. The van der Waals surface area contributed by atoms with Gasteiger partial charge in [-0.15, -0.1) is 0 Å².